The van der Waals surface area contributed by atoms with Crippen molar-refractivity contribution < 1.29 is 9.53 Å². The molecule has 0 N–H and O–H groups in total. The minimum atomic E-state index is 0.223. The maximum atomic E-state index is 12.5. The zero-order chi connectivity index (χ0) is 20.1. The van der Waals surface area contributed by atoms with E-state index >= 15 is 0 Å². The summed E-state index contributed by atoms with van der Waals surface area (Å²) in [6.07, 6.45) is 3.49. The lowest BCUT2D eigenvalue weighted by Gasteiger charge is -2.30. The van der Waals surface area contributed by atoms with Crippen molar-refractivity contribution in [3.63, 3.8) is 0 Å². The number of benzene rings is 1. The van der Waals surface area contributed by atoms with Crippen LogP contribution in [0.25, 0.3) is 16.2 Å². The first-order chi connectivity index (χ1) is 14.2. The number of hydrogen-bond donors (Lipinski definition) is 0. The number of carbonyl (C=O) groups is 1. The molecule has 1 amide bonds. The fourth-order valence-corrected chi connectivity index (χ4v) is 4.59. The van der Waals surface area contributed by atoms with Crippen LogP contribution < -0.4 is 0 Å². The van der Waals surface area contributed by atoms with Crippen LogP contribution in [0, 0.1) is 0 Å². The van der Waals surface area contributed by atoms with Crippen LogP contribution in [0.15, 0.2) is 41.9 Å². The summed E-state index contributed by atoms with van der Waals surface area (Å²) in [6, 6.07) is 10.3. The fourth-order valence-electron chi connectivity index (χ4n) is 3.68. The molecule has 0 unspecified atom stereocenters. The summed E-state index contributed by atoms with van der Waals surface area (Å²) in [5.41, 5.74) is 3.33. The molecule has 1 saturated heterocycles. The first-order valence-corrected chi connectivity index (χ1v) is 11.2. The van der Waals surface area contributed by atoms with Gasteiger partial charge in [-0.15, -0.1) is 11.3 Å². The Morgan fingerprint density at radius 1 is 1.21 bits per heavy atom. The Hall–Kier alpha value is -2.22. The van der Waals surface area contributed by atoms with Crippen LogP contribution in [0.3, 0.4) is 0 Å². The van der Waals surface area contributed by atoms with E-state index in [2.05, 4.69) is 33.0 Å². The van der Waals surface area contributed by atoms with Gasteiger partial charge in [0.2, 0.25) is 5.91 Å². The minimum absolute atomic E-state index is 0.223. The average molecular weight is 413 g/mol. The van der Waals surface area contributed by atoms with Crippen molar-refractivity contribution in [3.05, 3.63) is 47.6 Å². The summed E-state index contributed by atoms with van der Waals surface area (Å²) in [5.74, 6) is 0.223. The van der Waals surface area contributed by atoms with E-state index in [1.54, 1.807) is 11.3 Å². The van der Waals surface area contributed by atoms with Crippen molar-refractivity contribution in [2.75, 3.05) is 45.9 Å². The molecule has 0 atom stereocenters. The Balaban J connectivity index is 1.41. The average Bonchev–Trinajstić information content (AvgIpc) is 3.36. The van der Waals surface area contributed by atoms with Gasteiger partial charge >= 0.3 is 0 Å². The molecular weight excluding hydrogens is 384 g/mol. The van der Waals surface area contributed by atoms with Crippen LogP contribution in [-0.2, 0) is 16.0 Å². The summed E-state index contributed by atoms with van der Waals surface area (Å²) in [7, 11) is 0. The van der Waals surface area contributed by atoms with Crippen LogP contribution in [0.2, 0.25) is 0 Å². The monoisotopic (exact) mass is 412 g/mol. The summed E-state index contributed by atoms with van der Waals surface area (Å²) >= 11 is 1.66. The van der Waals surface area contributed by atoms with Gasteiger partial charge in [0.25, 0.3) is 0 Å². The molecule has 0 saturated carbocycles. The van der Waals surface area contributed by atoms with E-state index in [0.29, 0.717) is 6.42 Å². The molecule has 0 radical (unpaired) electrons. The van der Waals surface area contributed by atoms with Crippen molar-refractivity contribution in [2.24, 2.45) is 0 Å². The largest absolute Gasteiger partial charge is 0.379 e. The minimum Gasteiger partial charge on any atom is -0.379 e. The summed E-state index contributed by atoms with van der Waals surface area (Å²) in [5, 5.41) is 2.16. The second kappa shape index (κ2) is 9.52. The van der Waals surface area contributed by atoms with Crippen LogP contribution in [-0.4, -0.2) is 71.0 Å². The zero-order valence-electron chi connectivity index (χ0n) is 16.9. The van der Waals surface area contributed by atoms with Crippen molar-refractivity contribution >= 4 is 22.2 Å². The predicted molar refractivity (Wildman–Crippen MR) is 116 cm³/mol. The topological polar surface area (TPSA) is 50.1 Å². The molecule has 1 aliphatic rings. The molecule has 7 heteroatoms. The van der Waals surface area contributed by atoms with Gasteiger partial charge in [0.05, 0.1) is 18.9 Å². The highest BCUT2D eigenvalue weighted by molar-refractivity contribution is 7.15. The quantitative estimate of drug-likeness (QED) is 0.570. The SMILES string of the molecule is CCC(=O)N(CCc1csc2nc(-c3ccccc3)cn12)CCN1CCOCC1. The standard InChI is InChI=1S/C22H28N4O2S/c1-2-21(27)25(11-10-24-12-14-28-15-13-24)9-8-19-17-29-22-23-20(16-26(19)22)18-6-4-3-5-7-18/h3-7,16-17H,2,8-15H2,1H3. The molecule has 4 rings (SSSR count). The van der Waals surface area contributed by atoms with Crippen LogP contribution in [0.1, 0.15) is 19.0 Å². The van der Waals surface area contributed by atoms with Crippen LogP contribution >= 0.6 is 11.3 Å². The molecule has 154 valence electrons. The number of ether oxygens (including phenoxy) is 1. The smallest absolute Gasteiger partial charge is 0.222 e. The van der Waals surface area contributed by atoms with Gasteiger partial charge in [-0.05, 0) is 0 Å². The number of rotatable bonds is 8. The lowest BCUT2D eigenvalue weighted by molar-refractivity contribution is -0.131. The highest BCUT2D eigenvalue weighted by atomic mass is 32.1. The van der Waals surface area contributed by atoms with Gasteiger partial charge in [-0.25, -0.2) is 4.98 Å². The fraction of sp³-hybridized carbons (Fsp3) is 0.455. The molecule has 1 aliphatic heterocycles. The van der Waals surface area contributed by atoms with Gasteiger partial charge in [0.15, 0.2) is 4.96 Å². The molecule has 0 aliphatic carbocycles. The molecule has 3 heterocycles. The molecule has 1 fully saturated rings. The van der Waals surface area contributed by atoms with Gasteiger partial charge in [-0.3, -0.25) is 14.1 Å². The highest BCUT2D eigenvalue weighted by Crippen LogP contribution is 2.23. The van der Waals surface area contributed by atoms with Crippen molar-refractivity contribution in [2.45, 2.75) is 19.8 Å². The van der Waals surface area contributed by atoms with Gasteiger partial charge in [0.1, 0.15) is 0 Å². The molecule has 6 nitrogen and oxygen atoms in total. The number of hydrogen-bond acceptors (Lipinski definition) is 5. The third kappa shape index (κ3) is 4.86. The second-order valence-electron chi connectivity index (χ2n) is 7.31. The first-order valence-electron chi connectivity index (χ1n) is 10.3. The maximum Gasteiger partial charge on any atom is 0.222 e. The molecule has 3 aromatic rings. The zero-order valence-corrected chi connectivity index (χ0v) is 17.7. The highest BCUT2D eigenvalue weighted by Gasteiger charge is 2.17. The van der Waals surface area contributed by atoms with Gasteiger partial charge < -0.3 is 9.64 Å². The van der Waals surface area contributed by atoms with E-state index in [-0.39, 0.29) is 5.91 Å². The van der Waals surface area contributed by atoms with E-state index in [9.17, 15) is 4.79 Å². The van der Waals surface area contributed by atoms with E-state index < -0.39 is 0 Å². The molecular formula is C22H28N4O2S. The number of morpholine rings is 1. The molecule has 2 aromatic heterocycles. The Labute approximate surface area is 175 Å². The maximum absolute atomic E-state index is 12.5. The number of nitrogens with zero attached hydrogens (tertiary/aromatic N) is 4. The molecule has 29 heavy (non-hydrogen) atoms. The summed E-state index contributed by atoms with van der Waals surface area (Å²) in [6.45, 7) is 7.86. The molecule has 0 bridgehead atoms. The second-order valence-corrected chi connectivity index (χ2v) is 8.15. The molecule has 0 spiro atoms. The number of aromatic nitrogens is 2. The Kier molecular flexibility index (Phi) is 6.59. The number of fused-ring (bicyclic) bond motifs is 1. The number of imidazole rings is 1. The Morgan fingerprint density at radius 2 is 2.00 bits per heavy atom. The number of carbonyl (C=O) groups excluding carboxylic acids is 1. The number of thiazole rings is 1. The van der Waals surface area contributed by atoms with E-state index in [4.69, 9.17) is 9.72 Å². The Bertz CT molecular complexity index is 931. The lowest BCUT2D eigenvalue weighted by atomic mass is 10.2. The van der Waals surface area contributed by atoms with Gasteiger partial charge in [0, 0.05) is 68.4 Å². The lowest BCUT2D eigenvalue weighted by Crippen LogP contribution is -2.43. The van der Waals surface area contributed by atoms with Crippen molar-refractivity contribution in [1.82, 2.24) is 19.2 Å². The first kappa shape index (κ1) is 20.1. The van der Waals surface area contributed by atoms with E-state index in [0.717, 1.165) is 68.6 Å². The van der Waals surface area contributed by atoms with Crippen LogP contribution in [0.4, 0.5) is 0 Å². The Morgan fingerprint density at radius 3 is 2.76 bits per heavy atom. The normalized spacial score (nSPS) is 15.1. The predicted octanol–water partition coefficient (Wildman–Crippen LogP) is 3.18. The summed E-state index contributed by atoms with van der Waals surface area (Å²) in [4.78, 5) is 22.6. The van der Waals surface area contributed by atoms with E-state index in [1.807, 2.05) is 30.0 Å². The molecule has 1 aromatic carbocycles. The van der Waals surface area contributed by atoms with Crippen molar-refractivity contribution in [3.8, 4) is 11.3 Å². The van der Waals surface area contributed by atoms with E-state index in [1.165, 1.54) is 5.69 Å². The number of amides is 1. The van der Waals surface area contributed by atoms with Crippen molar-refractivity contribution in [1.29, 1.82) is 0 Å². The van der Waals surface area contributed by atoms with Gasteiger partial charge in [-0.2, -0.15) is 0 Å². The van der Waals surface area contributed by atoms with Crippen LogP contribution in [0.5, 0.6) is 0 Å². The van der Waals surface area contributed by atoms with Gasteiger partial charge in [-0.1, -0.05) is 37.3 Å². The third-order valence-electron chi connectivity index (χ3n) is 5.44. The summed E-state index contributed by atoms with van der Waals surface area (Å²) < 4.78 is 7.59. The third-order valence-corrected chi connectivity index (χ3v) is 6.32.